The van der Waals surface area contributed by atoms with Gasteiger partial charge >= 0.3 is 0 Å². The summed E-state index contributed by atoms with van der Waals surface area (Å²) in [5.41, 5.74) is 9.17. The molecule has 2 aliphatic heterocycles. The SMILES string of the molecule is CCN(Cc1ccccc1Cl)C(=O)C1=C(c2ccc(CCCOc3cc(C)cc(C)c3C)cc2)C[C@@H]2CNC[C@H]1N2. The lowest BCUT2D eigenvalue weighted by Crippen LogP contribution is -2.59. The number of ether oxygens (including phenoxy) is 1. The molecule has 3 aromatic carbocycles. The van der Waals surface area contributed by atoms with E-state index in [0.29, 0.717) is 30.8 Å². The van der Waals surface area contributed by atoms with Gasteiger partial charge in [-0.15, -0.1) is 0 Å². The Morgan fingerprint density at radius 2 is 1.83 bits per heavy atom. The van der Waals surface area contributed by atoms with Gasteiger partial charge in [0.2, 0.25) is 0 Å². The molecular weight excluding hydrogens is 530 g/mol. The highest BCUT2D eigenvalue weighted by Crippen LogP contribution is 2.33. The zero-order valence-corrected chi connectivity index (χ0v) is 25.5. The van der Waals surface area contributed by atoms with Crippen LogP contribution in [0.15, 0.2) is 66.2 Å². The number of hydrogen-bond acceptors (Lipinski definition) is 4. The van der Waals surface area contributed by atoms with Crippen LogP contribution < -0.4 is 15.4 Å². The average Bonchev–Trinajstić information content (AvgIpc) is 2.97. The van der Waals surface area contributed by atoms with Gasteiger partial charge in [-0.25, -0.2) is 0 Å². The van der Waals surface area contributed by atoms with E-state index in [1.54, 1.807) is 0 Å². The second-order valence-corrected chi connectivity index (χ2v) is 11.8. The third-order valence-corrected chi connectivity index (χ3v) is 8.82. The van der Waals surface area contributed by atoms with Crippen molar-refractivity contribution in [3.8, 4) is 5.75 Å². The van der Waals surface area contributed by atoms with Crippen molar-refractivity contribution >= 4 is 23.1 Å². The summed E-state index contributed by atoms with van der Waals surface area (Å²) < 4.78 is 6.13. The molecule has 41 heavy (non-hydrogen) atoms. The quantitative estimate of drug-likeness (QED) is 0.276. The van der Waals surface area contributed by atoms with Crippen LogP contribution in [0, 0.1) is 20.8 Å². The van der Waals surface area contributed by atoms with Crippen molar-refractivity contribution in [2.24, 2.45) is 0 Å². The Hall–Kier alpha value is -3.12. The minimum absolute atomic E-state index is 0.00385. The first-order valence-electron chi connectivity index (χ1n) is 14.9. The van der Waals surface area contributed by atoms with Gasteiger partial charge in [-0.2, -0.15) is 0 Å². The van der Waals surface area contributed by atoms with Crippen LogP contribution in [0.5, 0.6) is 5.75 Å². The van der Waals surface area contributed by atoms with Crippen LogP contribution in [0.2, 0.25) is 5.02 Å². The summed E-state index contributed by atoms with van der Waals surface area (Å²) in [6.07, 6.45) is 2.73. The molecule has 2 atom stereocenters. The molecule has 2 bridgehead atoms. The van der Waals surface area contributed by atoms with Gasteiger partial charge in [0.05, 0.1) is 12.6 Å². The van der Waals surface area contributed by atoms with Crippen molar-refractivity contribution in [3.05, 3.63) is 105 Å². The number of nitrogens with one attached hydrogen (secondary N) is 2. The van der Waals surface area contributed by atoms with Gasteiger partial charge in [-0.3, -0.25) is 4.79 Å². The lowest BCUT2D eigenvalue weighted by Gasteiger charge is -2.40. The molecule has 2 aliphatic rings. The molecule has 216 valence electrons. The fraction of sp³-hybridized carbons (Fsp3) is 0.400. The van der Waals surface area contributed by atoms with E-state index in [2.05, 4.69) is 67.8 Å². The summed E-state index contributed by atoms with van der Waals surface area (Å²) in [7, 11) is 0. The second kappa shape index (κ2) is 13.2. The molecule has 0 spiro atoms. The van der Waals surface area contributed by atoms with Crippen LogP contribution in [0.25, 0.3) is 5.57 Å². The van der Waals surface area contributed by atoms with E-state index in [1.807, 2.05) is 36.1 Å². The van der Waals surface area contributed by atoms with Gasteiger partial charge < -0.3 is 20.3 Å². The van der Waals surface area contributed by atoms with E-state index >= 15 is 0 Å². The van der Waals surface area contributed by atoms with Crippen LogP contribution in [0.4, 0.5) is 0 Å². The number of benzene rings is 3. The fourth-order valence-corrected chi connectivity index (χ4v) is 6.25. The number of likely N-dealkylation sites (N-methyl/N-ethyl adjacent to an activating group) is 1. The van der Waals surface area contributed by atoms with Gasteiger partial charge in [0.25, 0.3) is 5.91 Å². The number of rotatable bonds is 10. The third kappa shape index (κ3) is 6.86. The van der Waals surface area contributed by atoms with Crippen molar-refractivity contribution in [1.82, 2.24) is 15.5 Å². The number of nitrogens with zero attached hydrogens (tertiary/aromatic N) is 1. The molecule has 3 aromatic rings. The predicted octanol–water partition coefficient (Wildman–Crippen LogP) is 6.41. The van der Waals surface area contributed by atoms with Gasteiger partial charge in [0.1, 0.15) is 5.75 Å². The highest BCUT2D eigenvalue weighted by Gasteiger charge is 2.37. The summed E-state index contributed by atoms with van der Waals surface area (Å²) in [5, 5.41) is 7.91. The molecule has 1 fully saturated rings. The molecule has 2 heterocycles. The zero-order chi connectivity index (χ0) is 28.9. The van der Waals surface area contributed by atoms with Crippen molar-refractivity contribution in [3.63, 3.8) is 0 Å². The van der Waals surface area contributed by atoms with Gasteiger partial charge in [0, 0.05) is 42.8 Å². The normalized spacial score (nSPS) is 18.4. The molecule has 0 aromatic heterocycles. The summed E-state index contributed by atoms with van der Waals surface area (Å²) in [5.74, 6) is 1.08. The van der Waals surface area contributed by atoms with Gasteiger partial charge in [0.15, 0.2) is 0 Å². The Morgan fingerprint density at radius 3 is 2.59 bits per heavy atom. The minimum Gasteiger partial charge on any atom is -0.493 e. The first kappa shape index (κ1) is 29.4. The Balaban J connectivity index is 1.31. The fourth-order valence-electron chi connectivity index (χ4n) is 6.05. The Kier molecular flexibility index (Phi) is 9.49. The van der Waals surface area contributed by atoms with E-state index in [-0.39, 0.29) is 11.9 Å². The molecule has 2 N–H and O–H groups in total. The van der Waals surface area contributed by atoms with E-state index in [9.17, 15) is 4.79 Å². The highest BCUT2D eigenvalue weighted by atomic mass is 35.5. The molecule has 6 heteroatoms. The van der Waals surface area contributed by atoms with Gasteiger partial charge in [-0.05, 0) is 98.0 Å². The maximum atomic E-state index is 14.1. The van der Waals surface area contributed by atoms with E-state index in [1.165, 1.54) is 27.8 Å². The van der Waals surface area contributed by atoms with E-state index < -0.39 is 0 Å². The summed E-state index contributed by atoms with van der Waals surface area (Å²) in [6.45, 7) is 11.9. The highest BCUT2D eigenvalue weighted by molar-refractivity contribution is 6.31. The molecule has 1 amide bonds. The lowest BCUT2D eigenvalue weighted by molar-refractivity contribution is -0.128. The molecule has 1 saturated heterocycles. The summed E-state index contributed by atoms with van der Waals surface area (Å²) in [4.78, 5) is 16.0. The van der Waals surface area contributed by atoms with Crippen molar-refractivity contribution in [2.75, 3.05) is 26.2 Å². The van der Waals surface area contributed by atoms with E-state index in [4.69, 9.17) is 16.3 Å². The van der Waals surface area contributed by atoms with Crippen LogP contribution in [0.3, 0.4) is 0 Å². The number of amides is 1. The summed E-state index contributed by atoms with van der Waals surface area (Å²) >= 11 is 6.46. The number of halogens is 1. The largest absolute Gasteiger partial charge is 0.493 e. The number of carbonyl (C=O) groups excluding carboxylic acids is 1. The second-order valence-electron chi connectivity index (χ2n) is 11.4. The number of aryl methyl sites for hydroxylation is 3. The first-order valence-corrected chi connectivity index (χ1v) is 15.2. The number of fused-ring (bicyclic) bond motifs is 2. The Labute approximate surface area is 249 Å². The van der Waals surface area contributed by atoms with E-state index in [0.717, 1.165) is 54.8 Å². The van der Waals surface area contributed by atoms with Crippen molar-refractivity contribution in [2.45, 2.75) is 65.6 Å². The van der Waals surface area contributed by atoms with Gasteiger partial charge in [-0.1, -0.05) is 60.1 Å². The monoisotopic (exact) mass is 571 g/mol. The maximum absolute atomic E-state index is 14.1. The Morgan fingerprint density at radius 1 is 1.05 bits per heavy atom. The number of piperazine rings is 1. The molecule has 0 aliphatic carbocycles. The molecule has 0 saturated carbocycles. The lowest BCUT2D eigenvalue weighted by atomic mass is 9.83. The Bertz CT molecular complexity index is 1420. The minimum atomic E-state index is -0.00385. The van der Waals surface area contributed by atoms with Crippen molar-refractivity contribution < 1.29 is 9.53 Å². The van der Waals surface area contributed by atoms with Crippen LogP contribution in [0.1, 0.15) is 53.1 Å². The summed E-state index contributed by atoms with van der Waals surface area (Å²) in [6, 6.07) is 21.2. The van der Waals surface area contributed by atoms with Crippen molar-refractivity contribution in [1.29, 1.82) is 0 Å². The average molecular weight is 572 g/mol. The number of carbonyl (C=O) groups is 1. The molecule has 0 radical (unpaired) electrons. The molecule has 0 unspecified atom stereocenters. The standard InChI is InChI=1S/C35H42ClN3O2/c1-5-39(22-28-10-6-7-11-31(28)36)35(40)34-30(19-29-20-37-21-32(34)38-29)27-14-12-26(13-15-27)9-8-16-41-33-18-23(2)17-24(3)25(33)4/h6-7,10-15,17-18,29,32,37-38H,5,8-9,16,19-22H2,1-4H3/t29-,32-/m1/s1. The van der Waals surface area contributed by atoms with Crippen LogP contribution in [-0.2, 0) is 17.8 Å². The van der Waals surface area contributed by atoms with Crippen LogP contribution in [-0.4, -0.2) is 49.1 Å². The molecule has 5 nitrogen and oxygen atoms in total. The molecular formula is C35H42ClN3O2. The smallest absolute Gasteiger partial charge is 0.252 e. The van der Waals surface area contributed by atoms with Crippen LogP contribution >= 0.6 is 11.6 Å². The zero-order valence-electron chi connectivity index (χ0n) is 24.7. The molecule has 5 rings (SSSR count). The number of hydrogen-bond donors (Lipinski definition) is 2. The maximum Gasteiger partial charge on any atom is 0.252 e. The topological polar surface area (TPSA) is 53.6 Å². The predicted molar refractivity (Wildman–Crippen MR) is 169 cm³/mol. The first-order chi connectivity index (χ1) is 19.8. The third-order valence-electron chi connectivity index (χ3n) is 8.45.